The molecule has 0 spiro atoms. The number of ether oxygens (including phenoxy) is 1. The number of rotatable bonds is 8. The molecule has 4 rings (SSSR count). The largest absolute Gasteiger partial charge is 0.428 e. The van der Waals surface area contributed by atoms with Crippen molar-refractivity contribution in [2.75, 3.05) is 18.9 Å². The lowest BCUT2D eigenvalue weighted by atomic mass is 10.1. The van der Waals surface area contributed by atoms with Gasteiger partial charge in [0.2, 0.25) is 31.8 Å². The van der Waals surface area contributed by atoms with Crippen molar-refractivity contribution < 1.29 is 22.4 Å². The van der Waals surface area contributed by atoms with Gasteiger partial charge in [0.25, 0.3) is 0 Å². The smallest absolute Gasteiger partial charge is 0.230 e. The Kier molecular flexibility index (Phi) is 7.43. The number of sulfone groups is 1. The average Bonchev–Trinajstić information content (AvgIpc) is 3.47. The molecule has 174 valence electrons. The molecule has 10 heteroatoms. The minimum atomic E-state index is -3.99. The van der Waals surface area contributed by atoms with Crippen molar-refractivity contribution in [1.82, 2.24) is 10.3 Å². The normalized spacial score (nSPS) is 16.1. The summed E-state index contributed by atoms with van der Waals surface area (Å²) in [5.74, 6) is -0.0818. The highest BCUT2D eigenvalue weighted by atomic mass is 35.5. The molecule has 1 aliphatic heterocycles. The van der Waals surface area contributed by atoms with Crippen LogP contribution in [0.15, 0.2) is 68.0 Å². The molecule has 1 fully saturated rings. The number of carbonyl (C=O) groups excluding carboxylic acids is 1. The summed E-state index contributed by atoms with van der Waals surface area (Å²) < 4.78 is 38.0. The highest BCUT2D eigenvalue weighted by Crippen LogP contribution is 2.35. The Morgan fingerprint density at radius 2 is 1.91 bits per heavy atom. The quantitative estimate of drug-likeness (QED) is 0.448. The first-order valence-corrected chi connectivity index (χ1v) is 13.3. The summed E-state index contributed by atoms with van der Waals surface area (Å²) in [6, 6.07) is 13.2. The molecule has 0 bridgehead atoms. The molecule has 0 saturated carbocycles. The lowest BCUT2D eigenvalue weighted by Crippen LogP contribution is -2.32. The van der Waals surface area contributed by atoms with Crippen LogP contribution in [0.1, 0.15) is 18.4 Å². The lowest BCUT2D eigenvalue weighted by Gasteiger charge is -2.10. The van der Waals surface area contributed by atoms with Crippen molar-refractivity contribution in [3.05, 3.63) is 59.1 Å². The van der Waals surface area contributed by atoms with E-state index in [1.54, 1.807) is 0 Å². The van der Waals surface area contributed by atoms with E-state index in [0.29, 0.717) is 23.7 Å². The standard InChI is InChI=1S/C23H23ClN2O5S2/c1-15-4-6-16(7-5-15)21-26-22(33(28,29)19-10-8-17(24)9-11-19)23(31-21)32-14-20(27)25-13-18-3-2-12-30-18/h4-11,18H,2-3,12-14H2,1H3,(H,25,27)/t18-/m0/s1. The predicted octanol–water partition coefficient (Wildman–Crippen LogP) is 4.52. The number of aromatic nitrogens is 1. The van der Waals surface area contributed by atoms with E-state index in [-0.39, 0.29) is 38.7 Å². The first-order chi connectivity index (χ1) is 15.8. The van der Waals surface area contributed by atoms with E-state index >= 15 is 0 Å². The predicted molar refractivity (Wildman–Crippen MR) is 126 cm³/mol. The van der Waals surface area contributed by atoms with E-state index in [2.05, 4.69) is 10.3 Å². The number of nitrogens with one attached hydrogen (secondary N) is 1. The number of aryl methyl sites for hydroxylation is 1. The maximum Gasteiger partial charge on any atom is 0.230 e. The average molecular weight is 507 g/mol. The number of hydrogen-bond donors (Lipinski definition) is 1. The molecule has 0 aliphatic carbocycles. The molecule has 2 aromatic carbocycles. The number of oxazole rings is 1. The number of hydrogen-bond acceptors (Lipinski definition) is 7. The molecule has 33 heavy (non-hydrogen) atoms. The van der Waals surface area contributed by atoms with Crippen LogP contribution in [0.25, 0.3) is 11.5 Å². The summed E-state index contributed by atoms with van der Waals surface area (Å²) in [5, 5.41) is 3.09. The minimum Gasteiger partial charge on any atom is -0.428 e. The van der Waals surface area contributed by atoms with Gasteiger partial charge in [-0.15, -0.1) is 0 Å². The van der Waals surface area contributed by atoms with Crippen LogP contribution in [-0.4, -0.2) is 44.3 Å². The van der Waals surface area contributed by atoms with Gasteiger partial charge >= 0.3 is 0 Å². The van der Waals surface area contributed by atoms with Crippen LogP contribution >= 0.6 is 23.4 Å². The second kappa shape index (κ2) is 10.3. The third-order valence-electron chi connectivity index (χ3n) is 5.13. The van der Waals surface area contributed by atoms with E-state index in [1.807, 2.05) is 31.2 Å². The maximum absolute atomic E-state index is 13.3. The van der Waals surface area contributed by atoms with Gasteiger partial charge in [-0.1, -0.05) is 41.1 Å². The number of carbonyl (C=O) groups is 1. The molecule has 1 aromatic heterocycles. The second-order valence-corrected chi connectivity index (χ2v) is 10.9. The van der Waals surface area contributed by atoms with Gasteiger partial charge < -0.3 is 14.5 Å². The Balaban J connectivity index is 1.59. The summed E-state index contributed by atoms with van der Waals surface area (Å²) in [6.07, 6.45) is 1.93. The van der Waals surface area contributed by atoms with E-state index in [4.69, 9.17) is 20.8 Å². The van der Waals surface area contributed by atoms with Crippen LogP contribution in [-0.2, 0) is 19.4 Å². The van der Waals surface area contributed by atoms with Gasteiger partial charge in [-0.25, -0.2) is 8.42 Å². The number of amides is 1. The molecule has 1 amide bonds. The first-order valence-electron chi connectivity index (χ1n) is 10.4. The Morgan fingerprint density at radius 3 is 2.58 bits per heavy atom. The molecule has 3 aromatic rings. The zero-order chi connectivity index (χ0) is 23.4. The Morgan fingerprint density at radius 1 is 1.18 bits per heavy atom. The van der Waals surface area contributed by atoms with Gasteiger partial charge in [-0.3, -0.25) is 4.79 Å². The van der Waals surface area contributed by atoms with Crippen LogP contribution in [0.3, 0.4) is 0 Å². The molecule has 0 radical (unpaired) electrons. The second-order valence-electron chi connectivity index (χ2n) is 7.66. The van der Waals surface area contributed by atoms with Gasteiger partial charge in [0.15, 0.2) is 0 Å². The Hall–Kier alpha value is -2.33. The fraction of sp³-hybridized carbons (Fsp3) is 0.304. The molecule has 1 atom stereocenters. The van der Waals surface area contributed by atoms with Gasteiger partial charge in [-0.2, -0.15) is 4.98 Å². The molecule has 1 saturated heterocycles. The molecule has 1 aliphatic rings. The SMILES string of the molecule is Cc1ccc(-c2nc(S(=O)(=O)c3ccc(Cl)cc3)c(SCC(=O)NC[C@@H]3CCCO3)o2)cc1. The Bertz CT molecular complexity index is 1220. The highest BCUT2D eigenvalue weighted by Gasteiger charge is 2.29. The van der Waals surface area contributed by atoms with Crippen LogP contribution in [0.4, 0.5) is 0 Å². The zero-order valence-corrected chi connectivity index (χ0v) is 20.3. The fourth-order valence-corrected chi connectivity index (χ4v) is 5.80. The van der Waals surface area contributed by atoms with E-state index < -0.39 is 9.84 Å². The van der Waals surface area contributed by atoms with Crippen molar-refractivity contribution in [3.63, 3.8) is 0 Å². The van der Waals surface area contributed by atoms with Crippen molar-refractivity contribution in [3.8, 4) is 11.5 Å². The molecule has 1 N–H and O–H groups in total. The lowest BCUT2D eigenvalue weighted by molar-refractivity contribution is -0.119. The van der Waals surface area contributed by atoms with Crippen LogP contribution in [0, 0.1) is 6.92 Å². The number of benzene rings is 2. The summed E-state index contributed by atoms with van der Waals surface area (Å²) in [5.41, 5.74) is 1.69. The zero-order valence-electron chi connectivity index (χ0n) is 17.9. The van der Waals surface area contributed by atoms with Gasteiger partial charge in [-0.05, 0) is 56.2 Å². The van der Waals surface area contributed by atoms with Crippen LogP contribution < -0.4 is 5.32 Å². The van der Waals surface area contributed by atoms with Gasteiger partial charge in [0.1, 0.15) is 0 Å². The minimum absolute atomic E-state index is 0.0155. The van der Waals surface area contributed by atoms with Gasteiger partial charge in [0, 0.05) is 23.7 Å². The van der Waals surface area contributed by atoms with E-state index in [0.717, 1.165) is 30.2 Å². The van der Waals surface area contributed by atoms with Crippen molar-refractivity contribution in [2.24, 2.45) is 0 Å². The monoisotopic (exact) mass is 506 g/mol. The summed E-state index contributed by atoms with van der Waals surface area (Å²) in [7, 11) is -3.99. The van der Waals surface area contributed by atoms with Crippen molar-refractivity contribution in [2.45, 2.75) is 40.9 Å². The first kappa shape index (κ1) is 23.8. The summed E-state index contributed by atoms with van der Waals surface area (Å²) >= 11 is 6.90. The van der Waals surface area contributed by atoms with Crippen molar-refractivity contribution in [1.29, 1.82) is 0 Å². The Labute approximate surface area is 201 Å². The fourth-order valence-electron chi connectivity index (χ4n) is 3.31. The molecule has 0 unspecified atom stereocenters. The third kappa shape index (κ3) is 5.78. The summed E-state index contributed by atoms with van der Waals surface area (Å²) in [4.78, 5) is 16.7. The third-order valence-corrected chi connectivity index (χ3v) is 8.13. The van der Waals surface area contributed by atoms with E-state index in [1.165, 1.54) is 24.3 Å². The number of thioether (sulfide) groups is 1. The van der Waals surface area contributed by atoms with Crippen LogP contribution in [0.5, 0.6) is 0 Å². The maximum atomic E-state index is 13.3. The highest BCUT2D eigenvalue weighted by molar-refractivity contribution is 8.00. The van der Waals surface area contributed by atoms with Gasteiger partial charge in [0.05, 0.1) is 16.8 Å². The van der Waals surface area contributed by atoms with Crippen LogP contribution in [0.2, 0.25) is 5.02 Å². The number of halogens is 1. The molecular formula is C23H23ClN2O5S2. The van der Waals surface area contributed by atoms with Crippen molar-refractivity contribution >= 4 is 39.1 Å². The van der Waals surface area contributed by atoms with E-state index in [9.17, 15) is 13.2 Å². The molecular weight excluding hydrogens is 484 g/mol. The summed E-state index contributed by atoms with van der Waals surface area (Å²) in [6.45, 7) is 3.09. The molecule has 2 heterocycles. The number of nitrogens with zero attached hydrogens (tertiary/aromatic N) is 1. The molecule has 7 nitrogen and oxygen atoms in total. The topological polar surface area (TPSA) is 98.5 Å².